The van der Waals surface area contributed by atoms with Crippen LogP contribution in [0.4, 0.5) is 0 Å². The summed E-state index contributed by atoms with van der Waals surface area (Å²) in [6, 6.07) is 14.4. The van der Waals surface area contributed by atoms with Gasteiger partial charge in [0.15, 0.2) is 0 Å². The van der Waals surface area contributed by atoms with Crippen molar-refractivity contribution in [2.45, 2.75) is 13.8 Å². The Morgan fingerprint density at radius 2 is 1.47 bits per heavy atom. The minimum absolute atomic E-state index is 0.808. The van der Waals surface area contributed by atoms with Gasteiger partial charge in [0.1, 0.15) is 0 Å². The van der Waals surface area contributed by atoms with E-state index >= 15 is 0 Å². The van der Waals surface area contributed by atoms with Crippen LogP contribution in [-0.2, 0) is 0 Å². The summed E-state index contributed by atoms with van der Waals surface area (Å²) in [5, 5.41) is 0.808. The molecule has 0 bridgehead atoms. The van der Waals surface area contributed by atoms with E-state index in [1.807, 2.05) is 18.2 Å². The summed E-state index contributed by atoms with van der Waals surface area (Å²) in [6.07, 6.45) is 0. The lowest BCUT2D eigenvalue weighted by Gasteiger charge is -2.06. The molecule has 0 saturated heterocycles. The van der Waals surface area contributed by atoms with Gasteiger partial charge in [-0.2, -0.15) is 0 Å². The van der Waals surface area contributed by atoms with Crippen LogP contribution in [0.2, 0.25) is 5.02 Å². The normalized spacial score (nSPS) is 10.3. The molecular weight excluding hydrogens is 204 g/mol. The van der Waals surface area contributed by atoms with Crippen LogP contribution in [0, 0.1) is 13.8 Å². The van der Waals surface area contributed by atoms with E-state index in [-0.39, 0.29) is 0 Å². The average molecular weight is 217 g/mol. The van der Waals surface area contributed by atoms with Crippen LogP contribution in [0.1, 0.15) is 11.1 Å². The molecule has 0 spiro atoms. The maximum Gasteiger partial charge on any atom is 0.0484 e. The fourth-order valence-electron chi connectivity index (χ4n) is 1.83. The SMILES string of the molecule is Cc1cc(C)cc(-c2ccccc2Cl)c1. The van der Waals surface area contributed by atoms with Crippen molar-refractivity contribution in [3.05, 3.63) is 58.6 Å². The molecule has 0 unspecified atom stereocenters. The van der Waals surface area contributed by atoms with Crippen molar-refractivity contribution >= 4 is 11.6 Å². The summed E-state index contributed by atoms with van der Waals surface area (Å²) in [4.78, 5) is 0. The molecule has 0 amide bonds. The monoisotopic (exact) mass is 216 g/mol. The number of benzene rings is 2. The highest BCUT2D eigenvalue weighted by atomic mass is 35.5. The Bertz CT molecular complexity index is 466. The second-order valence-corrected chi connectivity index (χ2v) is 4.26. The van der Waals surface area contributed by atoms with Crippen molar-refractivity contribution in [3.8, 4) is 11.1 Å². The lowest BCUT2D eigenvalue weighted by Crippen LogP contribution is -1.83. The fourth-order valence-corrected chi connectivity index (χ4v) is 2.07. The van der Waals surface area contributed by atoms with Crippen LogP contribution >= 0.6 is 11.6 Å². The zero-order chi connectivity index (χ0) is 10.8. The van der Waals surface area contributed by atoms with Crippen molar-refractivity contribution < 1.29 is 0 Å². The molecule has 0 heterocycles. The zero-order valence-electron chi connectivity index (χ0n) is 8.92. The van der Waals surface area contributed by atoms with Gasteiger partial charge in [0.05, 0.1) is 0 Å². The first-order chi connectivity index (χ1) is 7.16. The van der Waals surface area contributed by atoms with E-state index in [0.29, 0.717) is 0 Å². The van der Waals surface area contributed by atoms with E-state index in [9.17, 15) is 0 Å². The van der Waals surface area contributed by atoms with Crippen LogP contribution < -0.4 is 0 Å². The first-order valence-electron chi connectivity index (χ1n) is 5.00. The van der Waals surface area contributed by atoms with E-state index in [1.54, 1.807) is 0 Å². The Hall–Kier alpha value is -1.27. The number of rotatable bonds is 1. The van der Waals surface area contributed by atoms with Gasteiger partial charge in [0, 0.05) is 10.6 Å². The number of hydrogen-bond donors (Lipinski definition) is 0. The predicted molar refractivity (Wildman–Crippen MR) is 66.4 cm³/mol. The van der Waals surface area contributed by atoms with E-state index in [1.165, 1.54) is 16.7 Å². The van der Waals surface area contributed by atoms with Gasteiger partial charge in [-0.1, -0.05) is 59.1 Å². The van der Waals surface area contributed by atoms with Crippen LogP contribution in [-0.4, -0.2) is 0 Å². The lowest BCUT2D eigenvalue weighted by atomic mass is 10.0. The summed E-state index contributed by atoms with van der Waals surface area (Å²) in [5.74, 6) is 0. The molecule has 0 N–H and O–H groups in total. The minimum Gasteiger partial charge on any atom is -0.0837 e. The molecule has 2 aromatic rings. The van der Waals surface area contributed by atoms with Gasteiger partial charge in [0.25, 0.3) is 0 Å². The van der Waals surface area contributed by atoms with Gasteiger partial charge in [-0.25, -0.2) is 0 Å². The summed E-state index contributed by atoms with van der Waals surface area (Å²) in [5.41, 5.74) is 4.83. The van der Waals surface area contributed by atoms with Crippen molar-refractivity contribution in [3.63, 3.8) is 0 Å². The van der Waals surface area contributed by atoms with Crippen molar-refractivity contribution in [2.24, 2.45) is 0 Å². The highest BCUT2D eigenvalue weighted by Gasteiger charge is 2.03. The summed E-state index contributed by atoms with van der Waals surface area (Å²) >= 11 is 6.16. The number of hydrogen-bond acceptors (Lipinski definition) is 0. The van der Waals surface area contributed by atoms with Crippen molar-refractivity contribution in [2.75, 3.05) is 0 Å². The summed E-state index contributed by atoms with van der Waals surface area (Å²) in [6.45, 7) is 4.21. The van der Waals surface area contributed by atoms with E-state index in [0.717, 1.165) is 10.6 Å². The topological polar surface area (TPSA) is 0 Å². The van der Waals surface area contributed by atoms with Crippen LogP contribution in [0.3, 0.4) is 0 Å². The molecule has 0 atom stereocenters. The van der Waals surface area contributed by atoms with Crippen LogP contribution in [0.5, 0.6) is 0 Å². The molecule has 15 heavy (non-hydrogen) atoms. The molecular formula is C14H13Cl. The summed E-state index contributed by atoms with van der Waals surface area (Å²) in [7, 11) is 0. The maximum atomic E-state index is 6.16. The quantitative estimate of drug-likeness (QED) is 0.652. The maximum absolute atomic E-state index is 6.16. The predicted octanol–water partition coefficient (Wildman–Crippen LogP) is 4.62. The van der Waals surface area contributed by atoms with Gasteiger partial charge < -0.3 is 0 Å². The van der Waals surface area contributed by atoms with E-state index in [4.69, 9.17) is 11.6 Å². The van der Waals surface area contributed by atoms with Crippen LogP contribution in [0.25, 0.3) is 11.1 Å². The molecule has 1 heteroatoms. The van der Waals surface area contributed by atoms with Gasteiger partial charge >= 0.3 is 0 Å². The second kappa shape index (κ2) is 4.08. The first-order valence-corrected chi connectivity index (χ1v) is 5.38. The highest BCUT2D eigenvalue weighted by Crippen LogP contribution is 2.28. The zero-order valence-corrected chi connectivity index (χ0v) is 9.68. The van der Waals surface area contributed by atoms with Crippen LogP contribution in [0.15, 0.2) is 42.5 Å². The highest BCUT2D eigenvalue weighted by molar-refractivity contribution is 6.33. The Labute approximate surface area is 95.5 Å². The largest absolute Gasteiger partial charge is 0.0837 e. The minimum atomic E-state index is 0.808. The van der Waals surface area contributed by atoms with E-state index < -0.39 is 0 Å². The Balaban J connectivity index is 2.59. The van der Waals surface area contributed by atoms with Crippen molar-refractivity contribution in [1.82, 2.24) is 0 Å². The molecule has 2 aromatic carbocycles. The average Bonchev–Trinajstić information content (AvgIpc) is 2.16. The molecule has 0 radical (unpaired) electrons. The molecule has 0 aliphatic heterocycles. The van der Waals surface area contributed by atoms with Gasteiger partial charge in [-0.15, -0.1) is 0 Å². The second-order valence-electron chi connectivity index (χ2n) is 3.86. The molecule has 0 nitrogen and oxygen atoms in total. The third kappa shape index (κ3) is 2.21. The molecule has 2 rings (SSSR count). The third-order valence-corrected chi connectivity index (χ3v) is 2.74. The number of aryl methyl sites for hydroxylation is 2. The third-order valence-electron chi connectivity index (χ3n) is 2.41. The standard InChI is InChI=1S/C14H13Cl/c1-10-7-11(2)9-12(8-10)13-5-3-4-6-14(13)15/h3-9H,1-2H3. The van der Waals surface area contributed by atoms with E-state index in [2.05, 4.69) is 38.1 Å². The Morgan fingerprint density at radius 1 is 0.867 bits per heavy atom. The lowest BCUT2D eigenvalue weighted by molar-refractivity contribution is 1.38. The Kier molecular flexibility index (Phi) is 2.79. The van der Waals surface area contributed by atoms with Gasteiger partial charge in [-0.3, -0.25) is 0 Å². The number of halogens is 1. The molecule has 76 valence electrons. The molecule has 0 aromatic heterocycles. The molecule has 0 aliphatic rings. The van der Waals surface area contributed by atoms with Crippen molar-refractivity contribution in [1.29, 1.82) is 0 Å². The fraction of sp³-hybridized carbons (Fsp3) is 0.143. The van der Waals surface area contributed by atoms with Gasteiger partial charge in [-0.05, 0) is 25.5 Å². The Morgan fingerprint density at radius 3 is 2.07 bits per heavy atom. The first kappa shape index (κ1) is 10.3. The van der Waals surface area contributed by atoms with Gasteiger partial charge in [0.2, 0.25) is 0 Å². The molecule has 0 saturated carbocycles. The summed E-state index contributed by atoms with van der Waals surface area (Å²) < 4.78 is 0. The molecule has 0 fully saturated rings. The smallest absolute Gasteiger partial charge is 0.0484 e. The molecule has 0 aliphatic carbocycles.